The van der Waals surface area contributed by atoms with Crippen molar-refractivity contribution >= 4 is 5.97 Å². The molecule has 0 radical (unpaired) electrons. The molecule has 3 heteroatoms. The summed E-state index contributed by atoms with van der Waals surface area (Å²) in [4.78, 5) is 10.3. The maximum absolute atomic E-state index is 10.3. The van der Waals surface area contributed by atoms with E-state index in [1.165, 1.54) is 25.7 Å². The molecular weight excluding hydrogens is 286 g/mol. The molecule has 132 valence electrons. The molecule has 0 aliphatic carbocycles. The summed E-state index contributed by atoms with van der Waals surface area (Å²) in [7, 11) is 0. The van der Waals surface area contributed by atoms with Crippen LogP contribution in [0.3, 0.4) is 0 Å². The van der Waals surface area contributed by atoms with Crippen molar-refractivity contribution in [2.24, 2.45) is 0 Å². The Labute approximate surface area is 142 Å². The molecule has 0 amide bonds. The molecule has 0 aliphatic heterocycles. The van der Waals surface area contributed by atoms with Crippen molar-refractivity contribution in [2.75, 3.05) is 0 Å². The number of carboxylic acid groups (broad SMARTS) is 1. The number of rotatable bonds is 14. The van der Waals surface area contributed by atoms with Crippen LogP contribution in [0.25, 0.3) is 0 Å². The van der Waals surface area contributed by atoms with Crippen LogP contribution < -0.4 is 6.15 Å². The van der Waals surface area contributed by atoms with E-state index in [-0.39, 0.29) is 12.6 Å². The van der Waals surface area contributed by atoms with E-state index in [2.05, 4.69) is 55.5 Å². The van der Waals surface area contributed by atoms with Crippen LogP contribution in [-0.4, -0.2) is 11.1 Å². The van der Waals surface area contributed by atoms with Gasteiger partial charge in [0.2, 0.25) is 0 Å². The normalized spacial score (nSPS) is 11.9. The molecule has 0 saturated carbocycles. The molecule has 0 aromatic rings. The minimum absolute atomic E-state index is 0. The number of hydrogen-bond donors (Lipinski definition) is 2. The van der Waals surface area contributed by atoms with Crippen LogP contribution in [0.2, 0.25) is 0 Å². The first kappa shape index (κ1) is 23.7. The van der Waals surface area contributed by atoms with E-state index < -0.39 is 5.97 Å². The summed E-state index contributed by atoms with van der Waals surface area (Å²) >= 11 is 0. The Morgan fingerprint density at radius 3 is 1.61 bits per heavy atom. The van der Waals surface area contributed by atoms with E-state index in [4.69, 9.17) is 5.11 Å². The Hall–Kier alpha value is -1.61. The van der Waals surface area contributed by atoms with Gasteiger partial charge in [-0.1, -0.05) is 68.4 Å². The van der Waals surface area contributed by atoms with Gasteiger partial charge in [-0.05, 0) is 44.9 Å². The third kappa shape index (κ3) is 22.8. The van der Waals surface area contributed by atoms with Gasteiger partial charge in [0, 0.05) is 6.42 Å². The Kier molecular flexibility index (Phi) is 21.0. The lowest BCUT2D eigenvalue weighted by molar-refractivity contribution is -0.137. The Morgan fingerprint density at radius 1 is 0.739 bits per heavy atom. The van der Waals surface area contributed by atoms with Crippen LogP contribution >= 0.6 is 0 Å². The number of carboxylic acids is 1. The van der Waals surface area contributed by atoms with Crippen molar-refractivity contribution in [3.63, 3.8) is 0 Å². The number of aliphatic carboxylic acids is 1. The van der Waals surface area contributed by atoms with Gasteiger partial charge < -0.3 is 11.3 Å². The highest BCUT2D eigenvalue weighted by Crippen LogP contribution is 2.01. The fourth-order valence-corrected chi connectivity index (χ4v) is 1.93. The molecule has 0 aliphatic rings. The van der Waals surface area contributed by atoms with E-state index in [1.807, 2.05) is 0 Å². The van der Waals surface area contributed by atoms with Gasteiger partial charge in [-0.3, -0.25) is 4.79 Å². The SMILES string of the molecule is CCCCCC=CCC=CCC=CCC=CCCCC(=O)O.N. The van der Waals surface area contributed by atoms with E-state index in [1.54, 1.807) is 0 Å². The van der Waals surface area contributed by atoms with E-state index in [0.717, 1.165) is 32.1 Å². The number of carbonyl (C=O) groups is 1. The zero-order valence-electron chi connectivity index (χ0n) is 14.8. The molecule has 0 bridgehead atoms. The summed E-state index contributed by atoms with van der Waals surface area (Å²) in [5.74, 6) is -0.712. The molecule has 3 nitrogen and oxygen atoms in total. The Morgan fingerprint density at radius 2 is 1.17 bits per heavy atom. The molecule has 0 unspecified atom stereocenters. The number of unbranched alkanes of at least 4 members (excludes halogenated alkanes) is 4. The molecule has 0 aromatic heterocycles. The average molecular weight is 322 g/mol. The molecule has 0 rings (SSSR count). The van der Waals surface area contributed by atoms with Crippen LogP contribution in [0.1, 0.15) is 71.1 Å². The van der Waals surface area contributed by atoms with Crippen molar-refractivity contribution in [1.82, 2.24) is 6.15 Å². The van der Waals surface area contributed by atoms with Gasteiger partial charge in [-0.25, -0.2) is 0 Å². The van der Waals surface area contributed by atoms with Gasteiger partial charge in [0.25, 0.3) is 0 Å². The van der Waals surface area contributed by atoms with Gasteiger partial charge in [0.05, 0.1) is 0 Å². The van der Waals surface area contributed by atoms with E-state index in [0.29, 0.717) is 0 Å². The first-order valence-electron chi connectivity index (χ1n) is 8.59. The molecule has 0 spiro atoms. The predicted molar refractivity (Wildman–Crippen MR) is 101 cm³/mol. The van der Waals surface area contributed by atoms with Crippen molar-refractivity contribution in [2.45, 2.75) is 71.1 Å². The maximum Gasteiger partial charge on any atom is 0.303 e. The second kappa shape index (κ2) is 20.4. The van der Waals surface area contributed by atoms with Gasteiger partial charge >= 0.3 is 5.97 Å². The highest BCUT2D eigenvalue weighted by Gasteiger charge is 1.92. The summed E-state index contributed by atoms with van der Waals surface area (Å²) < 4.78 is 0. The standard InChI is InChI=1S/C20H32O2.H3N/c1-2-3-4-5-6-7-8-9-10-11-12-13-14-15-16-17-18-19-20(21)22;/h6-7,9-10,12-13,15-16H,2-5,8,11,14,17-19H2,1H3,(H,21,22);1H3. The monoisotopic (exact) mass is 321 g/mol. The Bertz CT molecular complexity index is 368. The molecular formula is C20H35NO2. The van der Waals surface area contributed by atoms with Crippen LogP contribution in [0, 0.1) is 0 Å². The molecule has 0 atom stereocenters. The van der Waals surface area contributed by atoms with Gasteiger partial charge in [-0.2, -0.15) is 0 Å². The lowest BCUT2D eigenvalue weighted by Gasteiger charge is -1.90. The van der Waals surface area contributed by atoms with E-state index in [9.17, 15) is 4.79 Å². The molecule has 0 aromatic carbocycles. The minimum atomic E-state index is -0.712. The van der Waals surface area contributed by atoms with Crippen LogP contribution in [0.4, 0.5) is 0 Å². The molecule has 4 N–H and O–H groups in total. The lowest BCUT2D eigenvalue weighted by atomic mass is 10.2. The highest BCUT2D eigenvalue weighted by atomic mass is 16.4. The van der Waals surface area contributed by atoms with Crippen LogP contribution in [0.5, 0.6) is 0 Å². The topological polar surface area (TPSA) is 72.3 Å². The zero-order chi connectivity index (χ0) is 16.3. The fraction of sp³-hybridized carbons (Fsp3) is 0.550. The summed E-state index contributed by atoms with van der Waals surface area (Å²) in [5.41, 5.74) is 0. The fourth-order valence-electron chi connectivity index (χ4n) is 1.93. The van der Waals surface area contributed by atoms with E-state index >= 15 is 0 Å². The lowest BCUT2D eigenvalue weighted by Crippen LogP contribution is -1.92. The molecule has 0 heterocycles. The zero-order valence-corrected chi connectivity index (χ0v) is 14.8. The molecule has 0 saturated heterocycles. The average Bonchev–Trinajstić information content (AvgIpc) is 2.50. The molecule has 0 fully saturated rings. The summed E-state index contributed by atoms with van der Waals surface area (Å²) in [6.07, 6.45) is 27.3. The van der Waals surface area contributed by atoms with Crippen molar-refractivity contribution in [3.05, 3.63) is 48.6 Å². The first-order chi connectivity index (χ1) is 10.8. The minimum Gasteiger partial charge on any atom is -0.481 e. The van der Waals surface area contributed by atoms with Gasteiger partial charge in [0.15, 0.2) is 0 Å². The first-order valence-corrected chi connectivity index (χ1v) is 8.59. The predicted octanol–water partition coefficient (Wildman–Crippen LogP) is 6.38. The van der Waals surface area contributed by atoms with Crippen molar-refractivity contribution in [3.8, 4) is 0 Å². The second-order valence-electron chi connectivity index (χ2n) is 5.37. The van der Waals surface area contributed by atoms with Crippen molar-refractivity contribution < 1.29 is 9.90 Å². The van der Waals surface area contributed by atoms with Gasteiger partial charge in [0.1, 0.15) is 0 Å². The number of allylic oxidation sites excluding steroid dienone is 8. The summed E-state index contributed by atoms with van der Waals surface area (Å²) in [6, 6.07) is 0. The van der Waals surface area contributed by atoms with Crippen LogP contribution in [0.15, 0.2) is 48.6 Å². The van der Waals surface area contributed by atoms with Gasteiger partial charge in [-0.15, -0.1) is 0 Å². The number of hydrogen-bond acceptors (Lipinski definition) is 2. The summed E-state index contributed by atoms with van der Waals surface area (Å²) in [5, 5.41) is 8.49. The largest absolute Gasteiger partial charge is 0.481 e. The smallest absolute Gasteiger partial charge is 0.303 e. The maximum atomic E-state index is 10.3. The Balaban J connectivity index is 0. The van der Waals surface area contributed by atoms with Crippen molar-refractivity contribution in [1.29, 1.82) is 0 Å². The quantitative estimate of drug-likeness (QED) is 0.288. The third-order valence-corrected chi connectivity index (χ3v) is 3.22. The molecule has 23 heavy (non-hydrogen) atoms. The second-order valence-corrected chi connectivity index (χ2v) is 5.37. The summed E-state index contributed by atoms with van der Waals surface area (Å²) in [6.45, 7) is 2.23. The third-order valence-electron chi connectivity index (χ3n) is 3.22. The van der Waals surface area contributed by atoms with Crippen LogP contribution in [-0.2, 0) is 4.79 Å². The highest BCUT2D eigenvalue weighted by molar-refractivity contribution is 5.66.